The molecule has 1 unspecified atom stereocenters. The fourth-order valence-electron chi connectivity index (χ4n) is 1.02. The molecule has 0 aromatic carbocycles. The summed E-state index contributed by atoms with van der Waals surface area (Å²) in [5, 5.41) is 3.45. The topological polar surface area (TPSA) is 38.0 Å². The van der Waals surface area contributed by atoms with E-state index in [0.29, 0.717) is 6.04 Å². The van der Waals surface area contributed by atoms with E-state index in [1.165, 1.54) is 6.42 Å². The van der Waals surface area contributed by atoms with Crippen molar-refractivity contribution in [3.63, 3.8) is 0 Å². The third kappa shape index (κ3) is 4.07. The van der Waals surface area contributed by atoms with Crippen molar-refractivity contribution in [2.75, 3.05) is 6.54 Å². The Balaban J connectivity index is 3.72. The van der Waals surface area contributed by atoms with Crippen LogP contribution in [0, 0.1) is 0 Å². The molecule has 0 radical (unpaired) electrons. The summed E-state index contributed by atoms with van der Waals surface area (Å²) >= 11 is 0. The average molecular weight is 172 g/mol. The Hall–Kier alpha value is -0.0800. The first kappa shape index (κ1) is 11.9. The van der Waals surface area contributed by atoms with Gasteiger partial charge >= 0.3 is 0 Å². The van der Waals surface area contributed by atoms with Crippen molar-refractivity contribution in [2.45, 2.75) is 58.5 Å². The summed E-state index contributed by atoms with van der Waals surface area (Å²) in [6, 6.07) is 0.589. The minimum Gasteiger partial charge on any atom is -0.324 e. The normalized spacial score (nSPS) is 14.8. The summed E-state index contributed by atoms with van der Waals surface area (Å²) in [6.07, 6.45) is 3.27. The summed E-state index contributed by atoms with van der Waals surface area (Å²) < 4.78 is 0. The van der Waals surface area contributed by atoms with Crippen LogP contribution in [0.3, 0.4) is 0 Å². The summed E-state index contributed by atoms with van der Waals surface area (Å²) in [4.78, 5) is 0. The van der Waals surface area contributed by atoms with Crippen LogP contribution in [0.2, 0.25) is 0 Å². The van der Waals surface area contributed by atoms with E-state index in [1.807, 2.05) is 0 Å². The van der Waals surface area contributed by atoms with E-state index in [4.69, 9.17) is 5.73 Å². The van der Waals surface area contributed by atoms with Gasteiger partial charge in [0.05, 0.1) is 0 Å². The molecule has 0 aliphatic heterocycles. The van der Waals surface area contributed by atoms with Crippen LogP contribution in [0.1, 0.15) is 47.0 Å². The molecule has 0 aliphatic rings. The molecule has 74 valence electrons. The SMILES string of the molecule is CCC(C)NCC(N)(CC)CC. The summed E-state index contributed by atoms with van der Waals surface area (Å²) in [5.74, 6) is 0. The molecule has 0 fully saturated rings. The second-order valence-corrected chi connectivity index (χ2v) is 3.76. The highest BCUT2D eigenvalue weighted by atomic mass is 15.0. The summed E-state index contributed by atoms with van der Waals surface area (Å²) in [6.45, 7) is 9.64. The highest BCUT2D eigenvalue weighted by Crippen LogP contribution is 2.09. The largest absolute Gasteiger partial charge is 0.324 e. The van der Waals surface area contributed by atoms with Crippen molar-refractivity contribution in [3.05, 3.63) is 0 Å². The number of hydrogen-bond donors (Lipinski definition) is 2. The first-order valence-corrected chi connectivity index (χ1v) is 5.10. The first-order chi connectivity index (χ1) is 5.58. The van der Waals surface area contributed by atoms with Crippen LogP contribution >= 0.6 is 0 Å². The van der Waals surface area contributed by atoms with Crippen molar-refractivity contribution >= 4 is 0 Å². The van der Waals surface area contributed by atoms with Gasteiger partial charge in [-0.25, -0.2) is 0 Å². The van der Waals surface area contributed by atoms with Crippen LogP contribution in [-0.2, 0) is 0 Å². The molecule has 12 heavy (non-hydrogen) atoms. The van der Waals surface area contributed by atoms with E-state index in [-0.39, 0.29) is 5.54 Å². The monoisotopic (exact) mass is 172 g/mol. The number of nitrogens with two attached hydrogens (primary N) is 1. The maximum absolute atomic E-state index is 6.14. The van der Waals surface area contributed by atoms with Crippen LogP contribution in [0.15, 0.2) is 0 Å². The zero-order chi connectivity index (χ0) is 9.61. The fraction of sp³-hybridized carbons (Fsp3) is 1.00. The van der Waals surface area contributed by atoms with Gasteiger partial charge in [-0.15, -0.1) is 0 Å². The van der Waals surface area contributed by atoms with Crippen LogP contribution < -0.4 is 11.1 Å². The van der Waals surface area contributed by atoms with Gasteiger partial charge in [0.15, 0.2) is 0 Å². The fourth-order valence-corrected chi connectivity index (χ4v) is 1.02. The number of hydrogen-bond acceptors (Lipinski definition) is 2. The molecule has 0 aromatic heterocycles. The minimum absolute atomic E-state index is 0.00340. The van der Waals surface area contributed by atoms with Gasteiger partial charge in [0.2, 0.25) is 0 Å². The minimum atomic E-state index is 0.00340. The third-order valence-electron chi connectivity index (χ3n) is 2.82. The molecule has 0 bridgehead atoms. The molecule has 0 rings (SSSR count). The Morgan fingerprint density at radius 1 is 1.25 bits per heavy atom. The lowest BCUT2D eigenvalue weighted by atomic mass is 9.94. The first-order valence-electron chi connectivity index (χ1n) is 5.10. The molecule has 2 heteroatoms. The Morgan fingerprint density at radius 3 is 2.08 bits per heavy atom. The third-order valence-corrected chi connectivity index (χ3v) is 2.82. The molecule has 0 amide bonds. The van der Waals surface area contributed by atoms with E-state index in [1.54, 1.807) is 0 Å². The van der Waals surface area contributed by atoms with E-state index in [9.17, 15) is 0 Å². The van der Waals surface area contributed by atoms with Crippen LogP contribution in [0.4, 0.5) is 0 Å². The Morgan fingerprint density at radius 2 is 1.75 bits per heavy atom. The molecule has 0 spiro atoms. The molecule has 0 saturated carbocycles. The number of nitrogens with one attached hydrogen (secondary N) is 1. The van der Waals surface area contributed by atoms with Gasteiger partial charge in [-0.1, -0.05) is 20.8 Å². The zero-order valence-electron chi connectivity index (χ0n) is 8.98. The lowest BCUT2D eigenvalue weighted by Gasteiger charge is -2.28. The Bertz CT molecular complexity index is 108. The van der Waals surface area contributed by atoms with Gasteiger partial charge in [-0.3, -0.25) is 0 Å². The lowest BCUT2D eigenvalue weighted by molar-refractivity contribution is 0.349. The molecule has 3 N–H and O–H groups in total. The average Bonchev–Trinajstić information content (AvgIpc) is 2.13. The molecule has 0 heterocycles. The van der Waals surface area contributed by atoms with Crippen molar-refractivity contribution in [3.8, 4) is 0 Å². The van der Waals surface area contributed by atoms with E-state index in [0.717, 1.165) is 19.4 Å². The molecule has 0 aromatic rings. The molecule has 1 atom stereocenters. The van der Waals surface area contributed by atoms with Gasteiger partial charge in [0, 0.05) is 18.1 Å². The Kier molecular flexibility index (Phi) is 5.51. The summed E-state index contributed by atoms with van der Waals surface area (Å²) in [5.41, 5.74) is 6.14. The smallest absolute Gasteiger partial charge is 0.0275 e. The second-order valence-electron chi connectivity index (χ2n) is 3.76. The standard InChI is InChI=1S/C10H24N2/c1-5-9(4)12-8-10(11,6-2)7-3/h9,12H,5-8,11H2,1-4H3. The van der Waals surface area contributed by atoms with Crippen molar-refractivity contribution in [1.82, 2.24) is 5.32 Å². The highest BCUT2D eigenvalue weighted by molar-refractivity contribution is 4.84. The maximum Gasteiger partial charge on any atom is 0.0275 e. The van der Waals surface area contributed by atoms with Crippen LogP contribution in [0.5, 0.6) is 0 Å². The molecular formula is C10H24N2. The van der Waals surface area contributed by atoms with Gasteiger partial charge < -0.3 is 11.1 Å². The van der Waals surface area contributed by atoms with Crippen molar-refractivity contribution in [2.24, 2.45) is 5.73 Å². The quantitative estimate of drug-likeness (QED) is 0.642. The Labute approximate surface area is 76.9 Å². The van der Waals surface area contributed by atoms with Crippen LogP contribution in [0.25, 0.3) is 0 Å². The predicted octanol–water partition coefficient (Wildman–Crippen LogP) is 1.89. The zero-order valence-corrected chi connectivity index (χ0v) is 8.98. The van der Waals surface area contributed by atoms with Crippen LogP contribution in [-0.4, -0.2) is 18.1 Å². The van der Waals surface area contributed by atoms with Gasteiger partial charge in [-0.05, 0) is 26.2 Å². The van der Waals surface area contributed by atoms with Gasteiger partial charge in [0.25, 0.3) is 0 Å². The van der Waals surface area contributed by atoms with E-state index >= 15 is 0 Å². The summed E-state index contributed by atoms with van der Waals surface area (Å²) in [7, 11) is 0. The molecule has 0 aliphatic carbocycles. The van der Waals surface area contributed by atoms with Crippen molar-refractivity contribution < 1.29 is 0 Å². The van der Waals surface area contributed by atoms with E-state index in [2.05, 4.69) is 33.0 Å². The maximum atomic E-state index is 6.14. The molecular weight excluding hydrogens is 148 g/mol. The molecule has 0 saturated heterocycles. The predicted molar refractivity (Wildman–Crippen MR) is 55.3 cm³/mol. The van der Waals surface area contributed by atoms with Gasteiger partial charge in [-0.2, -0.15) is 0 Å². The second kappa shape index (κ2) is 5.55. The number of rotatable bonds is 6. The molecule has 2 nitrogen and oxygen atoms in total. The lowest BCUT2D eigenvalue weighted by Crippen LogP contribution is -2.49. The van der Waals surface area contributed by atoms with Crippen molar-refractivity contribution in [1.29, 1.82) is 0 Å². The van der Waals surface area contributed by atoms with Gasteiger partial charge in [0.1, 0.15) is 0 Å². The van der Waals surface area contributed by atoms with E-state index < -0.39 is 0 Å². The highest BCUT2D eigenvalue weighted by Gasteiger charge is 2.19.